The highest BCUT2D eigenvalue weighted by Gasteiger charge is 2.29. The van der Waals surface area contributed by atoms with Crippen LogP contribution >= 0.6 is 0 Å². The number of fused-ring (bicyclic) bond motifs is 1. The van der Waals surface area contributed by atoms with Crippen LogP contribution in [0, 0.1) is 23.2 Å². The van der Waals surface area contributed by atoms with Crippen molar-refractivity contribution in [1.82, 2.24) is 14.6 Å². The van der Waals surface area contributed by atoms with Crippen LogP contribution in [-0.4, -0.2) is 41.3 Å². The van der Waals surface area contributed by atoms with E-state index >= 15 is 0 Å². The van der Waals surface area contributed by atoms with E-state index in [-0.39, 0.29) is 5.92 Å². The Morgan fingerprint density at radius 2 is 2.13 bits per heavy atom. The molecular formula is C24H31N4OS+. The fourth-order valence-electron chi connectivity index (χ4n) is 4.67. The third-order valence-electron chi connectivity index (χ3n) is 6.29. The van der Waals surface area contributed by atoms with Crippen LogP contribution in [0.3, 0.4) is 0 Å². The lowest BCUT2D eigenvalue weighted by atomic mass is 9.79. The van der Waals surface area contributed by atoms with Gasteiger partial charge < -0.3 is 10.1 Å². The van der Waals surface area contributed by atoms with Crippen molar-refractivity contribution in [2.45, 2.75) is 38.6 Å². The van der Waals surface area contributed by atoms with Gasteiger partial charge in [-0.05, 0) is 50.3 Å². The maximum absolute atomic E-state index is 9.56. The van der Waals surface area contributed by atoms with Gasteiger partial charge in [-0.25, -0.2) is 0 Å². The predicted octanol–water partition coefficient (Wildman–Crippen LogP) is 3.40. The number of rotatable bonds is 6. The average molecular weight is 424 g/mol. The summed E-state index contributed by atoms with van der Waals surface area (Å²) in [6.45, 7) is 4.55. The second-order valence-electron chi connectivity index (χ2n) is 8.15. The topological polar surface area (TPSA) is 61.2 Å². The summed E-state index contributed by atoms with van der Waals surface area (Å²) in [7, 11) is 1.64. The van der Waals surface area contributed by atoms with Gasteiger partial charge in [-0.1, -0.05) is 17.7 Å². The molecule has 1 fully saturated rings. The molecule has 2 unspecified atom stereocenters. The van der Waals surface area contributed by atoms with Crippen LogP contribution in [0.5, 0.6) is 0 Å². The zero-order valence-corrected chi connectivity index (χ0v) is 18.7. The van der Waals surface area contributed by atoms with Gasteiger partial charge in [0.25, 0.3) is 0 Å². The number of aromatic nitrogens is 1. The third kappa shape index (κ3) is 4.58. The normalized spacial score (nSPS) is 24.8. The van der Waals surface area contributed by atoms with E-state index in [0.29, 0.717) is 12.0 Å². The second kappa shape index (κ2) is 9.72. The van der Waals surface area contributed by atoms with Crippen molar-refractivity contribution in [1.29, 1.82) is 5.26 Å². The molecule has 1 aromatic heterocycles. The number of thiol groups is 1. The van der Waals surface area contributed by atoms with Crippen molar-refractivity contribution in [3.8, 4) is 6.07 Å². The van der Waals surface area contributed by atoms with Crippen molar-refractivity contribution < 1.29 is 4.74 Å². The number of nitrogens with one attached hydrogen (secondary N) is 1. The smallest absolute Gasteiger partial charge is 0.122 e. The lowest BCUT2D eigenvalue weighted by molar-refractivity contribution is 0.255. The monoisotopic (exact) mass is 423 g/mol. The van der Waals surface area contributed by atoms with E-state index < -0.39 is 0 Å². The largest absolute Gasteiger partial charge is 0.500 e. The van der Waals surface area contributed by atoms with Gasteiger partial charge in [0.1, 0.15) is 17.4 Å². The summed E-state index contributed by atoms with van der Waals surface area (Å²) in [6.07, 6.45) is 14.4. The summed E-state index contributed by atoms with van der Waals surface area (Å²) in [5.41, 5.74) is 5.07. The van der Waals surface area contributed by atoms with Crippen molar-refractivity contribution in [3.05, 3.63) is 59.1 Å². The molecule has 1 aliphatic heterocycles. The number of pyridine rings is 1. The summed E-state index contributed by atoms with van der Waals surface area (Å²) in [5.74, 6) is 2.07. The van der Waals surface area contributed by atoms with E-state index in [1.807, 2.05) is 18.5 Å². The summed E-state index contributed by atoms with van der Waals surface area (Å²) in [6, 6.07) is 5.04. The molecule has 0 saturated carbocycles. The molecule has 3 aliphatic rings. The Labute approximate surface area is 184 Å². The van der Waals surface area contributed by atoms with Gasteiger partial charge >= 0.3 is 0 Å². The van der Waals surface area contributed by atoms with Gasteiger partial charge in [-0.2, -0.15) is 5.26 Å². The van der Waals surface area contributed by atoms with Crippen molar-refractivity contribution in [2.75, 3.05) is 26.0 Å². The first-order chi connectivity index (χ1) is 14.7. The number of piperidine rings is 1. The lowest BCUT2D eigenvalue weighted by Gasteiger charge is -2.33. The number of hydrogen-bond acceptors (Lipinski definition) is 5. The summed E-state index contributed by atoms with van der Waals surface area (Å²) < 4.78 is 7.93. The molecule has 2 atom stereocenters. The Bertz CT molecular complexity index is 893. The van der Waals surface area contributed by atoms with Gasteiger partial charge in [0.05, 0.1) is 25.1 Å². The highest BCUT2D eigenvalue weighted by atomic mass is 32.2. The molecule has 6 heteroatoms. The molecule has 0 radical (unpaired) electrons. The van der Waals surface area contributed by atoms with Crippen LogP contribution in [0.1, 0.15) is 37.3 Å². The fourth-order valence-corrected chi connectivity index (χ4v) is 5.58. The number of nitriles is 1. The standard InChI is InChI=1S/C24H30N4OS/c1-3-30-28-10-7-21(8-11-28)27-23-14-19(13-18-6-9-26-16-22(18)23)17-4-5-24(29-2)20(12-17)15-25/h4-6,9,14,16,19-21,27H,3,7-8,10-13H2,1-2H3/p+1. The SMILES string of the molecule is CC[SH+]N1CCC(NC2=CC(C3=CC=C(OC)C(C#N)C3)Cc3ccncc32)CC1. The Hall–Kier alpha value is -2.23. The van der Waals surface area contributed by atoms with Crippen LogP contribution in [0.4, 0.5) is 0 Å². The molecule has 2 aliphatic carbocycles. The molecule has 4 rings (SSSR count). The summed E-state index contributed by atoms with van der Waals surface area (Å²) >= 11 is 1.45. The average Bonchev–Trinajstić information content (AvgIpc) is 2.80. The zero-order chi connectivity index (χ0) is 20.9. The Balaban J connectivity index is 1.54. The first-order valence-electron chi connectivity index (χ1n) is 10.9. The molecule has 5 nitrogen and oxygen atoms in total. The quantitative estimate of drug-likeness (QED) is 0.561. The van der Waals surface area contributed by atoms with Crippen molar-refractivity contribution in [2.24, 2.45) is 11.8 Å². The predicted molar refractivity (Wildman–Crippen MR) is 123 cm³/mol. The number of methoxy groups -OCH3 is 1. The number of nitrogens with zero attached hydrogens (tertiary/aromatic N) is 3. The van der Waals surface area contributed by atoms with Crippen LogP contribution in [0.15, 0.2) is 48.0 Å². The van der Waals surface area contributed by atoms with Crippen molar-refractivity contribution in [3.63, 3.8) is 0 Å². The third-order valence-corrected chi connectivity index (χ3v) is 7.38. The first kappa shape index (κ1) is 21.0. The van der Waals surface area contributed by atoms with Gasteiger partial charge in [0.2, 0.25) is 0 Å². The van der Waals surface area contributed by atoms with E-state index in [0.717, 1.165) is 31.7 Å². The number of allylic oxidation sites excluding steroid dienone is 5. The van der Waals surface area contributed by atoms with Crippen LogP contribution in [-0.2, 0) is 23.1 Å². The maximum Gasteiger partial charge on any atom is 0.122 e. The highest BCUT2D eigenvalue weighted by molar-refractivity contribution is 7.76. The molecule has 1 aromatic rings. The molecular weight excluding hydrogens is 392 g/mol. The lowest BCUT2D eigenvalue weighted by Crippen LogP contribution is -2.42. The van der Waals surface area contributed by atoms with E-state index in [1.54, 1.807) is 7.11 Å². The first-order valence-corrected chi connectivity index (χ1v) is 11.9. The Morgan fingerprint density at radius 1 is 1.30 bits per heavy atom. The molecule has 0 amide bonds. The minimum absolute atomic E-state index is 0.194. The minimum Gasteiger partial charge on any atom is -0.500 e. The molecule has 1 N–H and O–H groups in total. The molecule has 1 saturated heterocycles. The molecule has 0 aromatic carbocycles. The molecule has 0 spiro atoms. The Morgan fingerprint density at radius 3 is 2.87 bits per heavy atom. The van der Waals surface area contributed by atoms with E-state index in [4.69, 9.17) is 4.74 Å². The van der Waals surface area contributed by atoms with Crippen molar-refractivity contribution >= 4 is 17.6 Å². The molecule has 0 bridgehead atoms. The molecule has 30 heavy (non-hydrogen) atoms. The Kier molecular flexibility index (Phi) is 6.81. The molecule has 2 heterocycles. The molecule has 158 valence electrons. The van der Waals surface area contributed by atoms with Crippen LogP contribution in [0.25, 0.3) is 5.70 Å². The zero-order valence-electron chi connectivity index (χ0n) is 17.8. The van der Waals surface area contributed by atoms with E-state index in [2.05, 4.69) is 45.8 Å². The number of ether oxygens (including phenoxy) is 1. The van der Waals surface area contributed by atoms with Gasteiger partial charge in [0.15, 0.2) is 0 Å². The van der Waals surface area contributed by atoms with E-state index in [9.17, 15) is 5.26 Å². The maximum atomic E-state index is 9.56. The highest BCUT2D eigenvalue weighted by Crippen LogP contribution is 2.37. The number of hydrogen-bond donors (Lipinski definition) is 1. The van der Waals surface area contributed by atoms with E-state index in [1.165, 1.54) is 52.9 Å². The van der Waals surface area contributed by atoms with Gasteiger partial charge in [-0.15, -0.1) is 4.31 Å². The van der Waals surface area contributed by atoms with Crippen LogP contribution in [0.2, 0.25) is 0 Å². The summed E-state index contributed by atoms with van der Waals surface area (Å²) in [5, 5.41) is 13.4. The summed E-state index contributed by atoms with van der Waals surface area (Å²) in [4.78, 5) is 4.39. The van der Waals surface area contributed by atoms with Gasteiger partial charge in [-0.3, -0.25) is 4.98 Å². The van der Waals surface area contributed by atoms with Crippen LogP contribution < -0.4 is 5.32 Å². The van der Waals surface area contributed by atoms with Gasteiger partial charge in [0, 0.05) is 48.7 Å². The second-order valence-corrected chi connectivity index (χ2v) is 9.64. The fraction of sp³-hybridized carbons (Fsp3) is 0.500. The minimum atomic E-state index is -0.194.